The highest BCUT2D eigenvalue weighted by molar-refractivity contribution is 5.81. The maximum atomic E-state index is 9.98. The standard InChI is InChI=1S/C47H63N9O4/c1-45(2,3)36-21-30-12-18-55(40(30)51-42(36)58-33-11-15-48-24-33)28-46(4,5)37-22-31-13-19-56(41(31)52-43(37)59-34-14-17-53(8)25-34)47(6,7)38-20-29-10-16-49-39(29)50-44(38)60-35-23-32(27-57)54(9)26-35/h10,12-13,16,18-22,32-35,48,57H,11,14-15,17,23-28H2,1-9H3,(H,49,50). The lowest BCUT2D eigenvalue weighted by molar-refractivity contribution is 0.181. The SMILES string of the molecule is CN1CCC(Oc2nc3c(ccn3C(C)(C)c3cc4cc[nH]c4nc3OC3CC(CO)N(C)C3)cc2C(C)(C)Cn2ccc3cc(C(C)(C)C)c(OC4CCNC4)nc32)C1. The topological polar surface area (TPSA) is 131 Å². The fourth-order valence-corrected chi connectivity index (χ4v) is 9.58. The van der Waals surface area contributed by atoms with Crippen molar-refractivity contribution in [3.8, 4) is 17.6 Å². The number of aromatic amines is 1. The normalized spacial score (nSPS) is 22.2. The molecule has 13 nitrogen and oxygen atoms in total. The summed E-state index contributed by atoms with van der Waals surface area (Å²) < 4.78 is 24.8. The van der Waals surface area contributed by atoms with Gasteiger partial charge >= 0.3 is 0 Å². The molecule has 3 saturated heterocycles. The molecule has 9 heterocycles. The van der Waals surface area contributed by atoms with Gasteiger partial charge in [-0.2, -0.15) is 15.0 Å². The van der Waals surface area contributed by atoms with Gasteiger partial charge in [-0.15, -0.1) is 0 Å². The van der Waals surface area contributed by atoms with Gasteiger partial charge in [0, 0.05) is 102 Å². The summed E-state index contributed by atoms with van der Waals surface area (Å²) in [5, 5.41) is 16.6. The second-order valence-electron chi connectivity index (χ2n) is 19.9. The Kier molecular flexibility index (Phi) is 10.4. The Morgan fingerprint density at radius 1 is 0.750 bits per heavy atom. The van der Waals surface area contributed by atoms with Crippen molar-refractivity contribution in [2.75, 3.05) is 53.4 Å². The van der Waals surface area contributed by atoms with Crippen LogP contribution >= 0.6 is 0 Å². The predicted octanol–water partition coefficient (Wildman–Crippen LogP) is 6.59. The molecule has 0 saturated carbocycles. The molecule has 0 bridgehead atoms. The molecule has 0 spiro atoms. The highest BCUT2D eigenvalue weighted by Gasteiger charge is 2.37. The first-order valence-electron chi connectivity index (χ1n) is 21.8. The molecule has 0 aliphatic carbocycles. The number of likely N-dealkylation sites (tertiary alicyclic amines) is 2. The van der Waals surface area contributed by atoms with Crippen LogP contribution in [0.2, 0.25) is 0 Å². The summed E-state index contributed by atoms with van der Waals surface area (Å²) in [4.78, 5) is 23.5. The molecule has 0 radical (unpaired) electrons. The second-order valence-corrected chi connectivity index (χ2v) is 19.9. The van der Waals surface area contributed by atoms with Crippen molar-refractivity contribution in [2.45, 2.75) is 115 Å². The average molecular weight is 818 g/mol. The monoisotopic (exact) mass is 818 g/mol. The van der Waals surface area contributed by atoms with Gasteiger partial charge in [0.1, 0.15) is 35.3 Å². The molecule has 60 heavy (non-hydrogen) atoms. The first-order chi connectivity index (χ1) is 28.6. The number of nitrogens with zero attached hydrogens (tertiary/aromatic N) is 7. The number of hydrogen-bond acceptors (Lipinski definition) is 10. The number of rotatable bonds is 12. The Bertz CT molecular complexity index is 2500. The van der Waals surface area contributed by atoms with Crippen molar-refractivity contribution < 1.29 is 19.3 Å². The molecule has 320 valence electrons. The summed E-state index contributed by atoms with van der Waals surface area (Å²) in [5.41, 5.74) is 4.57. The third kappa shape index (κ3) is 7.63. The van der Waals surface area contributed by atoms with Crippen LogP contribution in [0.5, 0.6) is 17.6 Å². The Morgan fingerprint density at radius 2 is 1.43 bits per heavy atom. The molecule has 9 rings (SSSR count). The van der Waals surface area contributed by atoms with Gasteiger partial charge in [-0.25, -0.2) is 0 Å². The zero-order chi connectivity index (χ0) is 42.1. The number of hydrogen-bond donors (Lipinski definition) is 3. The minimum absolute atomic E-state index is 0.0353. The summed E-state index contributed by atoms with van der Waals surface area (Å²) in [7, 11) is 4.19. The number of fused-ring (bicyclic) bond motifs is 3. The smallest absolute Gasteiger partial charge is 0.221 e. The number of nitrogens with one attached hydrogen (secondary N) is 2. The minimum atomic E-state index is -0.610. The van der Waals surface area contributed by atoms with Crippen LogP contribution in [0, 0.1) is 0 Å². The van der Waals surface area contributed by atoms with E-state index in [1.165, 1.54) is 0 Å². The molecule has 0 aromatic carbocycles. The zero-order valence-corrected chi connectivity index (χ0v) is 36.9. The number of aromatic nitrogens is 6. The van der Waals surface area contributed by atoms with Gasteiger partial charge in [0.15, 0.2) is 0 Å². The van der Waals surface area contributed by atoms with E-state index < -0.39 is 11.0 Å². The van der Waals surface area contributed by atoms with E-state index in [0.717, 1.165) is 108 Å². The van der Waals surface area contributed by atoms with Crippen molar-refractivity contribution in [1.29, 1.82) is 0 Å². The van der Waals surface area contributed by atoms with Crippen LogP contribution in [0.4, 0.5) is 0 Å². The highest BCUT2D eigenvalue weighted by atomic mass is 16.5. The lowest BCUT2D eigenvalue weighted by Gasteiger charge is -2.31. The number of ether oxygens (including phenoxy) is 3. The van der Waals surface area contributed by atoms with E-state index in [0.29, 0.717) is 18.3 Å². The van der Waals surface area contributed by atoms with Crippen LogP contribution in [-0.2, 0) is 22.9 Å². The lowest BCUT2D eigenvalue weighted by atomic mass is 9.84. The minimum Gasteiger partial charge on any atom is -0.473 e. The van der Waals surface area contributed by atoms with Crippen LogP contribution in [0.25, 0.3) is 33.1 Å². The van der Waals surface area contributed by atoms with Crippen LogP contribution in [0.15, 0.2) is 55.0 Å². The molecular weight excluding hydrogens is 755 g/mol. The van der Waals surface area contributed by atoms with Crippen LogP contribution in [0.3, 0.4) is 0 Å². The molecule has 6 aromatic heterocycles. The van der Waals surface area contributed by atoms with E-state index in [1.54, 1.807) is 0 Å². The summed E-state index contributed by atoms with van der Waals surface area (Å²) >= 11 is 0. The first kappa shape index (κ1) is 40.7. The molecule has 0 amide bonds. The number of H-pyrrole nitrogens is 1. The van der Waals surface area contributed by atoms with E-state index >= 15 is 0 Å². The van der Waals surface area contributed by atoms with Gasteiger partial charge in [0.05, 0.1) is 12.1 Å². The Labute approximate surface area is 353 Å². The van der Waals surface area contributed by atoms with Crippen molar-refractivity contribution in [3.63, 3.8) is 0 Å². The maximum absolute atomic E-state index is 9.98. The Balaban J connectivity index is 1.10. The molecule has 3 aliphatic rings. The first-order valence-corrected chi connectivity index (χ1v) is 21.8. The van der Waals surface area contributed by atoms with Crippen LogP contribution < -0.4 is 19.5 Å². The second kappa shape index (κ2) is 15.3. The van der Waals surface area contributed by atoms with Crippen molar-refractivity contribution >= 4 is 33.1 Å². The molecular formula is C47H63N9O4. The van der Waals surface area contributed by atoms with Gasteiger partial charge in [-0.1, -0.05) is 34.6 Å². The van der Waals surface area contributed by atoms with E-state index in [9.17, 15) is 5.11 Å². The van der Waals surface area contributed by atoms with Gasteiger partial charge < -0.3 is 43.7 Å². The van der Waals surface area contributed by atoms with Gasteiger partial charge in [0.25, 0.3) is 0 Å². The number of pyridine rings is 3. The number of aliphatic hydroxyl groups excluding tert-OH is 1. The number of likely N-dealkylation sites (N-methyl/N-ethyl adjacent to an activating group) is 2. The third-order valence-electron chi connectivity index (χ3n) is 13.3. The van der Waals surface area contributed by atoms with Gasteiger partial charge in [0.2, 0.25) is 17.6 Å². The van der Waals surface area contributed by atoms with E-state index in [2.05, 4.69) is 134 Å². The predicted molar refractivity (Wildman–Crippen MR) is 237 cm³/mol. The van der Waals surface area contributed by atoms with E-state index in [-0.39, 0.29) is 36.4 Å². The van der Waals surface area contributed by atoms with Gasteiger partial charge in [-0.3, -0.25) is 4.90 Å². The molecule has 13 heteroatoms. The molecule has 6 aromatic rings. The fraction of sp³-hybridized carbons (Fsp3) is 0.553. The van der Waals surface area contributed by atoms with E-state index in [4.69, 9.17) is 29.2 Å². The van der Waals surface area contributed by atoms with Crippen LogP contribution in [-0.4, -0.2) is 122 Å². The summed E-state index contributed by atoms with van der Waals surface area (Å²) in [6.45, 7) is 20.8. The highest BCUT2D eigenvalue weighted by Crippen LogP contribution is 2.42. The largest absolute Gasteiger partial charge is 0.473 e. The number of aliphatic hydroxyl groups is 1. The molecule has 4 unspecified atom stereocenters. The summed E-state index contributed by atoms with van der Waals surface area (Å²) in [5.74, 6) is 1.99. The Hall–Kier alpha value is -4.69. The van der Waals surface area contributed by atoms with Crippen LogP contribution in [0.1, 0.15) is 84.4 Å². The Morgan fingerprint density at radius 3 is 2.15 bits per heavy atom. The summed E-state index contributed by atoms with van der Waals surface area (Å²) in [6.07, 6.45) is 8.93. The third-order valence-corrected chi connectivity index (χ3v) is 13.3. The van der Waals surface area contributed by atoms with E-state index in [1.807, 2.05) is 13.2 Å². The lowest BCUT2D eigenvalue weighted by Crippen LogP contribution is -2.31. The molecule has 3 N–H and O–H groups in total. The quantitative estimate of drug-likeness (QED) is 0.124. The molecule has 3 aliphatic heterocycles. The van der Waals surface area contributed by atoms with Crippen molar-refractivity contribution in [2.24, 2.45) is 0 Å². The molecule has 3 fully saturated rings. The van der Waals surface area contributed by atoms with Gasteiger partial charge in [-0.05, 0) is 89.1 Å². The summed E-state index contributed by atoms with van der Waals surface area (Å²) in [6, 6.07) is 13.2. The molecule has 4 atom stereocenters. The zero-order valence-electron chi connectivity index (χ0n) is 36.9. The fourth-order valence-electron chi connectivity index (χ4n) is 9.58. The van der Waals surface area contributed by atoms with Crippen molar-refractivity contribution in [1.82, 2.24) is 44.2 Å². The average Bonchev–Trinajstić information content (AvgIpc) is 4.05. The van der Waals surface area contributed by atoms with Crippen molar-refractivity contribution in [3.05, 3.63) is 71.7 Å². The maximum Gasteiger partial charge on any atom is 0.221 e.